The van der Waals surface area contributed by atoms with Crippen LogP contribution in [0.15, 0.2) is 35.4 Å². The molecule has 0 aliphatic heterocycles. The smallest absolute Gasteiger partial charge is 0.270 e. The van der Waals surface area contributed by atoms with Crippen molar-refractivity contribution in [2.75, 3.05) is 33.9 Å². The summed E-state index contributed by atoms with van der Waals surface area (Å²) < 4.78 is 39.1. The SMILES string of the molecule is CCN(Cc1ccc(OC)c(OC)c1)C(=O)c1cc(S(=O)(=O)N(CC)CC)cn1C. The maximum atomic E-state index is 13.2. The average molecular weight is 438 g/mol. The van der Waals surface area contributed by atoms with Gasteiger partial charge in [0.1, 0.15) is 10.6 Å². The summed E-state index contributed by atoms with van der Waals surface area (Å²) in [6.45, 7) is 7.04. The lowest BCUT2D eigenvalue weighted by Crippen LogP contribution is -2.31. The third kappa shape index (κ3) is 4.79. The Morgan fingerprint density at radius 2 is 1.63 bits per heavy atom. The third-order valence-corrected chi connectivity index (χ3v) is 7.05. The summed E-state index contributed by atoms with van der Waals surface area (Å²) >= 11 is 0. The molecular weight excluding hydrogens is 406 g/mol. The van der Waals surface area contributed by atoms with Crippen LogP contribution in [-0.4, -0.2) is 62.0 Å². The maximum Gasteiger partial charge on any atom is 0.270 e. The lowest BCUT2D eigenvalue weighted by Gasteiger charge is -2.22. The number of amides is 1. The van der Waals surface area contributed by atoms with E-state index < -0.39 is 10.0 Å². The number of rotatable bonds is 10. The predicted octanol–water partition coefficient (Wildman–Crippen LogP) is 2.74. The van der Waals surface area contributed by atoms with Gasteiger partial charge < -0.3 is 18.9 Å². The lowest BCUT2D eigenvalue weighted by molar-refractivity contribution is 0.0743. The molecule has 30 heavy (non-hydrogen) atoms. The van der Waals surface area contributed by atoms with E-state index in [-0.39, 0.29) is 10.8 Å². The Hall–Kier alpha value is -2.52. The van der Waals surface area contributed by atoms with Crippen LogP contribution < -0.4 is 9.47 Å². The average Bonchev–Trinajstić information content (AvgIpc) is 3.14. The molecule has 9 heteroatoms. The highest BCUT2D eigenvalue weighted by Gasteiger charge is 2.27. The molecular formula is C21H31N3O5S. The number of hydrogen-bond acceptors (Lipinski definition) is 5. The van der Waals surface area contributed by atoms with E-state index in [1.165, 1.54) is 16.6 Å². The molecule has 0 saturated carbocycles. The van der Waals surface area contributed by atoms with E-state index >= 15 is 0 Å². The van der Waals surface area contributed by atoms with Gasteiger partial charge in [0.25, 0.3) is 5.91 Å². The molecule has 8 nitrogen and oxygen atoms in total. The van der Waals surface area contributed by atoms with Crippen LogP contribution >= 0.6 is 0 Å². The Bertz CT molecular complexity index is 981. The molecule has 0 bridgehead atoms. The van der Waals surface area contributed by atoms with Crippen LogP contribution in [0.1, 0.15) is 36.8 Å². The molecule has 0 saturated heterocycles. The summed E-state index contributed by atoms with van der Waals surface area (Å²) in [7, 11) is 1.18. The second-order valence-corrected chi connectivity index (χ2v) is 8.71. The molecule has 0 spiro atoms. The van der Waals surface area contributed by atoms with Gasteiger partial charge in [0.05, 0.1) is 14.2 Å². The number of aryl methyl sites for hydroxylation is 1. The first-order chi connectivity index (χ1) is 14.2. The summed E-state index contributed by atoms with van der Waals surface area (Å²) in [5.74, 6) is 0.963. The van der Waals surface area contributed by atoms with Crippen LogP contribution in [0.2, 0.25) is 0 Å². The van der Waals surface area contributed by atoms with Crippen molar-refractivity contribution in [2.24, 2.45) is 7.05 Å². The fraction of sp³-hybridized carbons (Fsp3) is 0.476. The summed E-state index contributed by atoms with van der Waals surface area (Å²) in [5, 5.41) is 0. The van der Waals surface area contributed by atoms with Gasteiger partial charge in [-0.3, -0.25) is 4.79 Å². The summed E-state index contributed by atoms with van der Waals surface area (Å²) in [4.78, 5) is 15.0. The van der Waals surface area contributed by atoms with Crippen LogP contribution in [0.5, 0.6) is 11.5 Å². The molecule has 2 aromatic rings. The molecule has 0 aliphatic carbocycles. The van der Waals surface area contributed by atoms with Crippen molar-refractivity contribution in [1.29, 1.82) is 0 Å². The fourth-order valence-corrected chi connectivity index (χ4v) is 4.82. The zero-order valence-electron chi connectivity index (χ0n) is 18.5. The molecule has 0 aliphatic rings. The number of carbonyl (C=O) groups excluding carboxylic acids is 1. The number of ether oxygens (including phenoxy) is 2. The molecule has 0 N–H and O–H groups in total. The van der Waals surface area contributed by atoms with E-state index in [9.17, 15) is 13.2 Å². The van der Waals surface area contributed by atoms with Crippen LogP contribution in [0.3, 0.4) is 0 Å². The molecule has 1 aromatic carbocycles. The molecule has 1 aromatic heterocycles. The topological polar surface area (TPSA) is 81.1 Å². The van der Waals surface area contributed by atoms with Gasteiger partial charge in [-0.15, -0.1) is 0 Å². The van der Waals surface area contributed by atoms with E-state index in [4.69, 9.17) is 9.47 Å². The van der Waals surface area contributed by atoms with Crippen LogP contribution in [0.25, 0.3) is 0 Å². The largest absolute Gasteiger partial charge is 0.493 e. The van der Waals surface area contributed by atoms with Crippen molar-refractivity contribution < 1.29 is 22.7 Å². The summed E-state index contributed by atoms with van der Waals surface area (Å²) in [6.07, 6.45) is 1.49. The van der Waals surface area contributed by atoms with Gasteiger partial charge in [0, 0.05) is 39.4 Å². The molecule has 0 atom stereocenters. The van der Waals surface area contributed by atoms with Crippen molar-refractivity contribution in [3.8, 4) is 11.5 Å². The Balaban J connectivity index is 2.31. The van der Waals surface area contributed by atoms with Crippen molar-refractivity contribution in [3.63, 3.8) is 0 Å². The van der Waals surface area contributed by atoms with Gasteiger partial charge in [-0.1, -0.05) is 19.9 Å². The monoisotopic (exact) mass is 437 g/mol. The Labute approximate surface area is 179 Å². The number of hydrogen-bond donors (Lipinski definition) is 0. The first-order valence-electron chi connectivity index (χ1n) is 9.90. The second-order valence-electron chi connectivity index (χ2n) is 6.77. The second kappa shape index (κ2) is 9.99. The number of benzene rings is 1. The molecule has 2 rings (SSSR count). The van der Waals surface area contributed by atoms with Gasteiger partial charge in [0.2, 0.25) is 10.0 Å². The number of sulfonamides is 1. The van der Waals surface area contributed by atoms with Gasteiger partial charge >= 0.3 is 0 Å². The molecule has 166 valence electrons. The molecule has 0 radical (unpaired) electrons. The Morgan fingerprint density at radius 3 is 2.17 bits per heavy atom. The van der Waals surface area contributed by atoms with Gasteiger partial charge in [-0.05, 0) is 30.7 Å². The summed E-state index contributed by atoms with van der Waals surface area (Å²) in [6, 6.07) is 6.95. The molecule has 0 fully saturated rings. The zero-order chi connectivity index (χ0) is 22.5. The lowest BCUT2D eigenvalue weighted by atomic mass is 10.1. The van der Waals surface area contributed by atoms with E-state index in [0.717, 1.165) is 5.56 Å². The number of carbonyl (C=O) groups is 1. The van der Waals surface area contributed by atoms with Gasteiger partial charge in [-0.2, -0.15) is 4.31 Å². The van der Waals surface area contributed by atoms with E-state index in [2.05, 4.69) is 0 Å². The number of nitrogens with zero attached hydrogens (tertiary/aromatic N) is 3. The van der Waals surface area contributed by atoms with Crippen LogP contribution in [0.4, 0.5) is 0 Å². The molecule has 1 heterocycles. The maximum absolute atomic E-state index is 13.2. The predicted molar refractivity (Wildman–Crippen MR) is 115 cm³/mol. The fourth-order valence-electron chi connectivity index (χ4n) is 3.29. The minimum atomic E-state index is -3.63. The standard InChI is InChI=1S/C21H31N3O5S/c1-7-23(14-16-10-11-19(28-5)20(12-16)29-6)21(25)18-13-17(15-22(18)4)30(26,27)24(8-2)9-3/h10-13,15H,7-9,14H2,1-6H3. The van der Waals surface area contributed by atoms with E-state index in [0.29, 0.717) is 43.4 Å². The van der Waals surface area contributed by atoms with Gasteiger partial charge in [-0.25, -0.2) is 8.42 Å². The quantitative estimate of drug-likeness (QED) is 0.571. The minimum absolute atomic E-state index is 0.124. The van der Waals surface area contributed by atoms with Crippen LogP contribution in [-0.2, 0) is 23.6 Å². The minimum Gasteiger partial charge on any atom is -0.493 e. The highest BCUT2D eigenvalue weighted by atomic mass is 32.2. The Kier molecular flexibility index (Phi) is 7.91. The highest BCUT2D eigenvalue weighted by molar-refractivity contribution is 7.89. The van der Waals surface area contributed by atoms with Crippen molar-refractivity contribution in [3.05, 3.63) is 41.7 Å². The van der Waals surface area contributed by atoms with E-state index in [1.807, 2.05) is 19.1 Å². The molecule has 0 unspecified atom stereocenters. The highest BCUT2D eigenvalue weighted by Crippen LogP contribution is 2.28. The number of aromatic nitrogens is 1. The first kappa shape index (κ1) is 23.8. The van der Waals surface area contributed by atoms with Crippen molar-refractivity contribution in [2.45, 2.75) is 32.2 Å². The van der Waals surface area contributed by atoms with Crippen molar-refractivity contribution in [1.82, 2.24) is 13.8 Å². The summed E-state index contributed by atoms with van der Waals surface area (Å²) in [5.41, 5.74) is 1.20. The first-order valence-corrected chi connectivity index (χ1v) is 11.3. The normalized spacial score (nSPS) is 11.6. The molecule has 1 amide bonds. The number of methoxy groups -OCH3 is 2. The van der Waals surface area contributed by atoms with Crippen molar-refractivity contribution >= 4 is 15.9 Å². The third-order valence-electron chi connectivity index (χ3n) is 5.03. The zero-order valence-corrected chi connectivity index (χ0v) is 19.3. The van der Waals surface area contributed by atoms with E-state index in [1.54, 1.807) is 50.6 Å². The van der Waals surface area contributed by atoms with Gasteiger partial charge in [0.15, 0.2) is 11.5 Å². The van der Waals surface area contributed by atoms with Crippen LogP contribution in [0, 0.1) is 0 Å². The Morgan fingerprint density at radius 1 is 1.00 bits per heavy atom.